The van der Waals surface area contributed by atoms with E-state index in [1.807, 2.05) is 24.3 Å². The largest absolute Gasteiger partial charge is 0.460 e. The first-order valence-corrected chi connectivity index (χ1v) is 12.1. The van der Waals surface area contributed by atoms with Crippen LogP contribution < -0.4 is 10.1 Å². The molecule has 0 unspecified atom stereocenters. The van der Waals surface area contributed by atoms with Gasteiger partial charge < -0.3 is 14.5 Å². The van der Waals surface area contributed by atoms with Crippen molar-refractivity contribution in [3.63, 3.8) is 0 Å². The van der Waals surface area contributed by atoms with Gasteiger partial charge in [0.25, 0.3) is 5.19 Å². The number of fused-ring (bicyclic) bond motifs is 4. The van der Waals surface area contributed by atoms with Gasteiger partial charge in [-0.15, -0.1) is 0 Å². The number of carbonyl (C=O) groups excluding carboxylic acids is 1. The molecule has 0 radical (unpaired) electrons. The van der Waals surface area contributed by atoms with Gasteiger partial charge in [-0.05, 0) is 62.1 Å². The number of halogens is 1. The van der Waals surface area contributed by atoms with Gasteiger partial charge in [0.05, 0.1) is 11.2 Å². The second kappa shape index (κ2) is 8.11. The van der Waals surface area contributed by atoms with Gasteiger partial charge in [0.1, 0.15) is 28.4 Å². The molecule has 2 saturated heterocycles. The van der Waals surface area contributed by atoms with E-state index in [4.69, 9.17) is 9.15 Å². The summed E-state index contributed by atoms with van der Waals surface area (Å²) in [7, 11) is 0. The molecule has 0 saturated carbocycles. The minimum Gasteiger partial charge on any atom is -0.460 e. The Morgan fingerprint density at radius 3 is 2.82 bits per heavy atom. The fourth-order valence-corrected chi connectivity index (χ4v) is 6.22. The van der Waals surface area contributed by atoms with Gasteiger partial charge in [0, 0.05) is 30.4 Å². The van der Waals surface area contributed by atoms with Crippen molar-refractivity contribution >= 4 is 38.4 Å². The third kappa shape index (κ3) is 3.98. The molecule has 2 fully saturated rings. The molecular formula is C25H24FN3O3S. The van der Waals surface area contributed by atoms with E-state index in [-0.39, 0.29) is 17.8 Å². The molecule has 170 valence electrons. The summed E-state index contributed by atoms with van der Waals surface area (Å²) in [5.74, 6) is 1.28. The molecule has 3 atom stereocenters. The zero-order valence-corrected chi connectivity index (χ0v) is 19.0. The number of hydrogen-bond acceptors (Lipinski definition) is 6. The Kier molecular flexibility index (Phi) is 5.07. The summed E-state index contributed by atoms with van der Waals surface area (Å²) in [6.07, 6.45) is 4.33. The van der Waals surface area contributed by atoms with Crippen molar-refractivity contribution in [1.29, 1.82) is 0 Å². The Morgan fingerprint density at radius 1 is 1.24 bits per heavy atom. The number of ether oxygens (including phenoxy) is 1. The monoisotopic (exact) mass is 465 g/mol. The van der Waals surface area contributed by atoms with Gasteiger partial charge in [-0.25, -0.2) is 4.39 Å². The number of aromatic nitrogens is 1. The number of carbonyl (C=O) groups is 1. The maximum absolute atomic E-state index is 13.9. The van der Waals surface area contributed by atoms with E-state index >= 15 is 0 Å². The highest BCUT2D eigenvalue weighted by atomic mass is 32.1. The minimum absolute atomic E-state index is 0.0548. The molecule has 1 amide bonds. The van der Waals surface area contributed by atoms with Crippen LogP contribution in [0.4, 0.5) is 4.39 Å². The number of rotatable bonds is 5. The second-order valence-electron chi connectivity index (χ2n) is 9.01. The van der Waals surface area contributed by atoms with Crippen molar-refractivity contribution in [2.75, 3.05) is 0 Å². The molecule has 4 heterocycles. The van der Waals surface area contributed by atoms with Crippen molar-refractivity contribution in [3.05, 3.63) is 54.0 Å². The first-order chi connectivity index (χ1) is 16.0. The number of furan rings is 1. The van der Waals surface area contributed by atoms with Crippen LogP contribution in [0.2, 0.25) is 0 Å². The second-order valence-corrected chi connectivity index (χ2v) is 10.0. The zero-order valence-electron chi connectivity index (χ0n) is 18.2. The van der Waals surface area contributed by atoms with E-state index in [1.165, 1.54) is 30.2 Å². The van der Waals surface area contributed by atoms with Crippen molar-refractivity contribution in [3.8, 4) is 10.9 Å². The van der Waals surface area contributed by atoms with Crippen LogP contribution in [-0.2, 0) is 11.3 Å². The van der Waals surface area contributed by atoms with Crippen LogP contribution in [-0.4, -0.2) is 33.9 Å². The summed E-state index contributed by atoms with van der Waals surface area (Å²) in [5, 5.41) is 4.48. The molecule has 2 aromatic carbocycles. The summed E-state index contributed by atoms with van der Waals surface area (Å²) >= 11 is 1.32. The normalized spacial score (nSPS) is 22.8. The predicted molar refractivity (Wildman–Crippen MR) is 125 cm³/mol. The summed E-state index contributed by atoms with van der Waals surface area (Å²) in [6, 6.07) is 13.9. The van der Waals surface area contributed by atoms with Gasteiger partial charge >= 0.3 is 0 Å². The number of benzene rings is 2. The summed E-state index contributed by atoms with van der Waals surface area (Å²) < 4.78 is 26.7. The lowest BCUT2D eigenvalue weighted by atomic mass is 9.97. The topological polar surface area (TPSA) is 67.6 Å². The number of nitrogens with zero attached hydrogens (tertiary/aromatic N) is 2. The van der Waals surface area contributed by atoms with Gasteiger partial charge in [0.2, 0.25) is 5.91 Å². The number of piperidine rings is 1. The van der Waals surface area contributed by atoms with Crippen LogP contribution in [0.25, 0.3) is 21.2 Å². The minimum atomic E-state index is -0.344. The summed E-state index contributed by atoms with van der Waals surface area (Å²) in [5.41, 5.74) is 1.15. The van der Waals surface area contributed by atoms with Crippen molar-refractivity contribution in [2.24, 2.45) is 0 Å². The molecule has 8 heteroatoms. The standard InChI is InChI=1S/C25H24FN3O3S/c1-14(30)27-16-11-17-5-6-18(12-16)29(17)13-20-10-15-9-19(7-8-22(15)31-20)32-25-28-24-21(26)3-2-4-23(24)33-25/h2-4,7-10,16-18H,5-6,11-13H2,1H3,(H,27,30)/t16-,17+,18-. The molecule has 0 spiro atoms. The molecule has 33 heavy (non-hydrogen) atoms. The molecule has 6 rings (SSSR count). The third-order valence-corrected chi connectivity index (χ3v) is 7.62. The van der Waals surface area contributed by atoms with E-state index in [0.717, 1.165) is 40.8 Å². The smallest absolute Gasteiger partial charge is 0.279 e. The first kappa shape index (κ1) is 20.6. The van der Waals surface area contributed by atoms with E-state index in [1.54, 1.807) is 13.0 Å². The zero-order chi connectivity index (χ0) is 22.5. The van der Waals surface area contributed by atoms with Crippen LogP contribution in [0.15, 0.2) is 46.9 Å². The average Bonchev–Trinajstić information content (AvgIpc) is 3.42. The van der Waals surface area contributed by atoms with Gasteiger partial charge in [-0.1, -0.05) is 17.4 Å². The van der Waals surface area contributed by atoms with E-state index in [9.17, 15) is 9.18 Å². The Balaban J connectivity index is 1.18. The average molecular weight is 466 g/mol. The van der Waals surface area contributed by atoms with Gasteiger partial charge in [0.15, 0.2) is 0 Å². The highest BCUT2D eigenvalue weighted by Crippen LogP contribution is 2.38. The molecule has 1 N–H and O–H groups in total. The number of para-hydroxylation sites is 1. The summed E-state index contributed by atoms with van der Waals surface area (Å²) in [4.78, 5) is 18.3. The molecule has 4 aromatic rings. The van der Waals surface area contributed by atoms with Crippen LogP contribution in [0, 0.1) is 5.82 Å². The molecule has 2 bridgehead atoms. The molecule has 0 aliphatic carbocycles. The lowest BCUT2D eigenvalue weighted by Gasteiger charge is -2.38. The Hall–Kier alpha value is -2.97. The van der Waals surface area contributed by atoms with Crippen molar-refractivity contribution in [2.45, 2.75) is 57.3 Å². The van der Waals surface area contributed by atoms with E-state index < -0.39 is 0 Å². The Bertz CT molecular complexity index is 1340. The molecule has 6 nitrogen and oxygen atoms in total. The molecule has 2 aliphatic rings. The number of nitrogens with one attached hydrogen (secondary N) is 1. The number of amides is 1. The highest BCUT2D eigenvalue weighted by Gasteiger charge is 2.41. The third-order valence-electron chi connectivity index (χ3n) is 6.72. The fourth-order valence-electron chi connectivity index (χ4n) is 5.37. The number of hydrogen-bond donors (Lipinski definition) is 1. The van der Waals surface area contributed by atoms with E-state index in [0.29, 0.717) is 28.5 Å². The van der Waals surface area contributed by atoms with Gasteiger partial charge in [-0.2, -0.15) is 4.98 Å². The lowest BCUT2D eigenvalue weighted by molar-refractivity contribution is -0.120. The molecule has 2 aromatic heterocycles. The maximum atomic E-state index is 13.9. The quantitative estimate of drug-likeness (QED) is 0.415. The lowest BCUT2D eigenvalue weighted by Crippen LogP contribution is -2.49. The predicted octanol–water partition coefficient (Wildman–Crippen LogP) is 5.61. The van der Waals surface area contributed by atoms with E-state index in [2.05, 4.69) is 21.3 Å². The van der Waals surface area contributed by atoms with Crippen molar-refractivity contribution in [1.82, 2.24) is 15.2 Å². The van der Waals surface area contributed by atoms with Gasteiger partial charge in [-0.3, -0.25) is 9.69 Å². The Labute approximate surface area is 194 Å². The van der Waals surface area contributed by atoms with Crippen LogP contribution in [0.3, 0.4) is 0 Å². The molecule has 2 aliphatic heterocycles. The van der Waals surface area contributed by atoms with Crippen molar-refractivity contribution < 1.29 is 18.3 Å². The Morgan fingerprint density at radius 2 is 2.06 bits per heavy atom. The van der Waals surface area contributed by atoms with Crippen LogP contribution in [0.5, 0.6) is 10.9 Å². The SMILES string of the molecule is CC(=O)N[C@H]1C[C@H]2CC[C@@H](C1)N2Cc1cc2cc(Oc3nc4c(F)cccc4s3)ccc2o1. The summed E-state index contributed by atoms with van der Waals surface area (Å²) in [6.45, 7) is 2.36. The van der Waals surface area contributed by atoms with Crippen LogP contribution >= 0.6 is 11.3 Å². The molecular weight excluding hydrogens is 441 g/mol. The van der Waals surface area contributed by atoms with Crippen LogP contribution in [0.1, 0.15) is 38.4 Å². The first-order valence-electron chi connectivity index (χ1n) is 11.3. The maximum Gasteiger partial charge on any atom is 0.279 e. The number of thiazole rings is 1. The fraction of sp³-hybridized carbons (Fsp3) is 0.360. The highest BCUT2D eigenvalue weighted by molar-refractivity contribution is 7.20.